The molecule has 9 heteroatoms. The molecule has 41 heavy (non-hydrogen) atoms. The highest BCUT2D eigenvalue weighted by atomic mass is 32.2. The van der Waals surface area contributed by atoms with E-state index in [0.29, 0.717) is 23.2 Å². The summed E-state index contributed by atoms with van der Waals surface area (Å²) in [5.41, 5.74) is 2.04. The van der Waals surface area contributed by atoms with Crippen LogP contribution in [0, 0.1) is 12.8 Å². The molecule has 0 unspecified atom stereocenters. The van der Waals surface area contributed by atoms with Crippen molar-refractivity contribution in [2.75, 3.05) is 19.6 Å². The van der Waals surface area contributed by atoms with Gasteiger partial charge in [0.25, 0.3) is 10.0 Å². The fourth-order valence-electron chi connectivity index (χ4n) is 5.57. The van der Waals surface area contributed by atoms with Gasteiger partial charge in [-0.25, -0.2) is 9.63 Å². The molecule has 8 nitrogen and oxygen atoms in total. The van der Waals surface area contributed by atoms with Crippen LogP contribution in [0.2, 0.25) is 0 Å². The molecule has 4 aromatic rings. The Labute approximate surface area is 240 Å². The summed E-state index contributed by atoms with van der Waals surface area (Å²) in [6.45, 7) is 5.95. The number of rotatable bonds is 9. The summed E-state index contributed by atoms with van der Waals surface area (Å²) in [6.07, 6.45) is 3.27. The Bertz CT molecular complexity index is 1690. The van der Waals surface area contributed by atoms with Gasteiger partial charge in [0.2, 0.25) is 0 Å². The molecule has 0 saturated carbocycles. The summed E-state index contributed by atoms with van der Waals surface area (Å²) < 4.78 is 31.9. The van der Waals surface area contributed by atoms with Crippen LogP contribution >= 0.6 is 0 Å². The standard InChI is InChI=1S/C32H35N3O5S/c1-22-15-17-25(18-16-22)41(38,39)34-33-23(2)27(21-35-19-9-4-10-20-35)29(24-11-5-3-6-12-24)30-31(36)26-13-7-8-14-28(26)40-32(30)37/h3,5-8,11-18,27,29,34,36H,4,9-10,19-21H2,1-2H3/b33-23-/t27-,29+/m0/s1. The molecule has 1 aliphatic heterocycles. The first-order valence-electron chi connectivity index (χ1n) is 13.9. The number of para-hydroxylation sites is 1. The molecule has 1 aromatic heterocycles. The van der Waals surface area contributed by atoms with Crippen LogP contribution in [0.1, 0.15) is 48.8 Å². The summed E-state index contributed by atoms with van der Waals surface area (Å²) >= 11 is 0. The van der Waals surface area contributed by atoms with Gasteiger partial charge in [0.1, 0.15) is 11.3 Å². The molecule has 1 aliphatic rings. The number of aromatic hydroxyl groups is 1. The van der Waals surface area contributed by atoms with E-state index in [0.717, 1.165) is 43.5 Å². The highest BCUT2D eigenvalue weighted by Gasteiger charge is 2.35. The Morgan fingerprint density at radius 3 is 2.34 bits per heavy atom. The van der Waals surface area contributed by atoms with Crippen molar-refractivity contribution in [3.05, 3.63) is 106 Å². The van der Waals surface area contributed by atoms with Gasteiger partial charge in [0, 0.05) is 24.1 Å². The third-order valence-corrected chi connectivity index (χ3v) is 9.03. The molecule has 2 atom stereocenters. The Hall–Kier alpha value is -3.95. The van der Waals surface area contributed by atoms with E-state index in [1.165, 1.54) is 0 Å². The van der Waals surface area contributed by atoms with Crippen LogP contribution in [0.25, 0.3) is 11.0 Å². The molecule has 5 rings (SSSR count). The van der Waals surface area contributed by atoms with Crippen molar-refractivity contribution in [2.45, 2.75) is 43.9 Å². The lowest BCUT2D eigenvalue weighted by molar-refractivity contribution is 0.207. The molecule has 0 radical (unpaired) electrons. The summed E-state index contributed by atoms with van der Waals surface area (Å²) in [6, 6.07) is 22.9. The van der Waals surface area contributed by atoms with Gasteiger partial charge < -0.3 is 14.4 Å². The first kappa shape index (κ1) is 28.6. The molecule has 1 saturated heterocycles. The zero-order valence-corrected chi connectivity index (χ0v) is 24.1. The Morgan fingerprint density at radius 1 is 0.976 bits per heavy atom. The zero-order chi connectivity index (χ0) is 29.0. The van der Waals surface area contributed by atoms with Crippen LogP contribution in [0.3, 0.4) is 0 Å². The lowest BCUT2D eigenvalue weighted by Crippen LogP contribution is -2.40. The average Bonchev–Trinajstić information content (AvgIpc) is 2.98. The van der Waals surface area contributed by atoms with Crippen molar-refractivity contribution in [3.8, 4) is 5.75 Å². The first-order chi connectivity index (χ1) is 19.7. The minimum Gasteiger partial charge on any atom is -0.507 e. The third-order valence-electron chi connectivity index (χ3n) is 7.81. The molecule has 214 valence electrons. The predicted molar refractivity (Wildman–Crippen MR) is 161 cm³/mol. The second-order valence-electron chi connectivity index (χ2n) is 10.7. The van der Waals surface area contributed by atoms with Gasteiger partial charge in [0.05, 0.1) is 15.8 Å². The summed E-state index contributed by atoms with van der Waals surface area (Å²) in [5, 5.41) is 16.3. The number of likely N-dealkylation sites (tertiary alicyclic amines) is 1. The summed E-state index contributed by atoms with van der Waals surface area (Å²) in [4.78, 5) is 18.4. The van der Waals surface area contributed by atoms with E-state index < -0.39 is 27.5 Å². The van der Waals surface area contributed by atoms with Gasteiger partial charge in [-0.05, 0) is 69.6 Å². The van der Waals surface area contributed by atoms with Gasteiger partial charge in [-0.15, -0.1) is 0 Å². The quantitative estimate of drug-likeness (QED) is 0.158. The maximum atomic E-state index is 13.5. The van der Waals surface area contributed by atoms with E-state index in [-0.39, 0.29) is 16.2 Å². The van der Waals surface area contributed by atoms with E-state index in [1.54, 1.807) is 55.5 Å². The maximum Gasteiger partial charge on any atom is 0.343 e. The minimum atomic E-state index is -3.92. The number of piperidine rings is 1. The van der Waals surface area contributed by atoms with E-state index in [9.17, 15) is 18.3 Å². The molecule has 0 aliphatic carbocycles. The third kappa shape index (κ3) is 6.36. The fraction of sp³-hybridized carbons (Fsp3) is 0.312. The number of fused-ring (bicyclic) bond motifs is 1. The SMILES string of the molecule is C/C(=N/NS(=O)(=O)c1ccc(C)cc1)[C@H](CN1CCCCC1)[C@@H](c1ccccc1)c1c(O)c2ccccc2oc1=O. The van der Waals surface area contributed by atoms with Crippen LogP contribution in [-0.2, 0) is 10.0 Å². The maximum absolute atomic E-state index is 13.5. The van der Waals surface area contributed by atoms with E-state index in [2.05, 4.69) is 14.8 Å². The lowest BCUT2D eigenvalue weighted by atomic mass is 9.78. The van der Waals surface area contributed by atoms with Gasteiger partial charge in [0.15, 0.2) is 0 Å². The average molecular weight is 574 g/mol. The Balaban J connectivity index is 1.63. The van der Waals surface area contributed by atoms with Crippen LogP contribution in [0.15, 0.2) is 98.1 Å². The smallest absolute Gasteiger partial charge is 0.343 e. The number of hydrogen-bond donors (Lipinski definition) is 2. The van der Waals surface area contributed by atoms with Crippen LogP contribution < -0.4 is 10.5 Å². The van der Waals surface area contributed by atoms with E-state index in [1.807, 2.05) is 37.3 Å². The molecular weight excluding hydrogens is 538 g/mol. The van der Waals surface area contributed by atoms with E-state index >= 15 is 0 Å². The van der Waals surface area contributed by atoms with Crippen molar-refractivity contribution < 1.29 is 17.9 Å². The molecule has 2 N–H and O–H groups in total. The Morgan fingerprint density at radius 2 is 1.63 bits per heavy atom. The number of nitrogens with one attached hydrogen (secondary N) is 1. The zero-order valence-electron chi connectivity index (χ0n) is 23.3. The normalized spacial score (nSPS) is 16.4. The molecule has 0 amide bonds. The molecular formula is C32H35N3O5S. The van der Waals surface area contributed by atoms with Gasteiger partial charge in [-0.2, -0.15) is 13.5 Å². The summed E-state index contributed by atoms with van der Waals surface area (Å²) in [7, 11) is -3.92. The van der Waals surface area contributed by atoms with Crippen molar-refractivity contribution >= 4 is 26.7 Å². The Kier molecular flexibility index (Phi) is 8.56. The number of benzene rings is 3. The van der Waals surface area contributed by atoms with Crippen molar-refractivity contribution in [1.82, 2.24) is 9.73 Å². The topological polar surface area (TPSA) is 112 Å². The number of sulfonamides is 1. The number of aryl methyl sites for hydroxylation is 1. The highest BCUT2D eigenvalue weighted by Crippen LogP contribution is 2.39. The van der Waals surface area contributed by atoms with Crippen molar-refractivity contribution in [3.63, 3.8) is 0 Å². The van der Waals surface area contributed by atoms with Crippen LogP contribution in [0.5, 0.6) is 5.75 Å². The number of hydrazone groups is 1. The molecule has 0 spiro atoms. The fourth-order valence-corrected chi connectivity index (χ4v) is 6.43. The monoisotopic (exact) mass is 573 g/mol. The molecule has 0 bridgehead atoms. The van der Waals surface area contributed by atoms with Gasteiger partial charge in [-0.3, -0.25) is 0 Å². The minimum absolute atomic E-state index is 0.111. The van der Waals surface area contributed by atoms with Gasteiger partial charge in [-0.1, -0.05) is 66.6 Å². The van der Waals surface area contributed by atoms with Crippen LogP contribution in [-0.4, -0.2) is 43.8 Å². The highest BCUT2D eigenvalue weighted by molar-refractivity contribution is 7.89. The van der Waals surface area contributed by atoms with E-state index in [4.69, 9.17) is 4.42 Å². The van der Waals surface area contributed by atoms with Crippen LogP contribution in [0.4, 0.5) is 0 Å². The van der Waals surface area contributed by atoms with Gasteiger partial charge >= 0.3 is 5.63 Å². The first-order valence-corrected chi connectivity index (χ1v) is 15.4. The second-order valence-corrected chi connectivity index (χ2v) is 12.3. The summed E-state index contributed by atoms with van der Waals surface area (Å²) in [5.74, 6) is -1.24. The number of nitrogens with zero attached hydrogens (tertiary/aromatic N) is 2. The largest absolute Gasteiger partial charge is 0.507 e. The molecule has 2 heterocycles. The molecule has 3 aromatic carbocycles. The predicted octanol–water partition coefficient (Wildman–Crippen LogP) is 5.40. The number of hydrogen-bond acceptors (Lipinski definition) is 7. The van der Waals surface area contributed by atoms with Crippen molar-refractivity contribution in [2.24, 2.45) is 11.0 Å². The molecule has 1 fully saturated rings. The lowest BCUT2D eigenvalue weighted by Gasteiger charge is -2.34. The van der Waals surface area contributed by atoms with Crippen molar-refractivity contribution in [1.29, 1.82) is 0 Å². The second kappa shape index (κ2) is 12.3.